The van der Waals surface area contributed by atoms with Crippen molar-refractivity contribution in [1.29, 1.82) is 0 Å². The number of aromatic carboxylic acids is 1. The first kappa shape index (κ1) is 17.5. The lowest BCUT2D eigenvalue weighted by Crippen LogP contribution is -2.37. The smallest absolute Gasteiger partial charge is 0.339 e. The van der Waals surface area contributed by atoms with Crippen LogP contribution in [0.4, 0.5) is 0 Å². The molecule has 1 unspecified atom stereocenters. The summed E-state index contributed by atoms with van der Waals surface area (Å²) in [6.07, 6.45) is 1.14. The van der Waals surface area contributed by atoms with Crippen molar-refractivity contribution < 1.29 is 19.4 Å². The summed E-state index contributed by atoms with van der Waals surface area (Å²) in [6, 6.07) is 3.22. The summed E-state index contributed by atoms with van der Waals surface area (Å²) in [7, 11) is 0. The van der Waals surface area contributed by atoms with Gasteiger partial charge in [-0.2, -0.15) is 0 Å². The van der Waals surface area contributed by atoms with Gasteiger partial charge in [-0.1, -0.05) is 29.3 Å². The van der Waals surface area contributed by atoms with Crippen LogP contribution < -0.4 is 10.1 Å². The van der Waals surface area contributed by atoms with Crippen LogP contribution in [0.15, 0.2) is 16.6 Å². The van der Waals surface area contributed by atoms with E-state index in [2.05, 4.69) is 21.2 Å². The summed E-state index contributed by atoms with van der Waals surface area (Å²) in [4.78, 5) is 23.2. The van der Waals surface area contributed by atoms with Crippen LogP contribution in [0.1, 0.15) is 42.6 Å². The minimum absolute atomic E-state index is 0.0371. The molecule has 1 aromatic carbocycles. The number of hydrogen-bond acceptors (Lipinski definition) is 3. The summed E-state index contributed by atoms with van der Waals surface area (Å²) in [6.45, 7) is 5.98. The molecule has 1 atom stereocenters. The van der Waals surface area contributed by atoms with Crippen LogP contribution in [0.5, 0.6) is 5.75 Å². The first-order chi connectivity index (χ1) is 9.86. The second-order valence-corrected chi connectivity index (χ2v) is 5.72. The number of hydrogen-bond donors (Lipinski definition) is 2. The number of nitrogens with one attached hydrogen (secondary N) is 1. The van der Waals surface area contributed by atoms with Gasteiger partial charge in [0, 0.05) is 11.0 Å². The molecular formula is C15H20BrNO4. The summed E-state index contributed by atoms with van der Waals surface area (Å²) in [5.74, 6) is -1.11. The second-order valence-electron chi connectivity index (χ2n) is 4.81. The van der Waals surface area contributed by atoms with Gasteiger partial charge in [-0.05, 0) is 38.0 Å². The fraction of sp³-hybridized carbons (Fsp3) is 0.467. The molecule has 0 aliphatic rings. The van der Waals surface area contributed by atoms with Crippen LogP contribution >= 0.6 is 15.9 Å². The molecule has 0 spiro atoms. The molecule has 1 amide bonds. The van der Waals surface area contributed by atoms with E-state index in [1.807, 2.05) is 6.92 Å². The molecule has 5 nitrogen and oxygen atoms in total. The van der Waals surface area contributed by atoms with Crippen molar-refractivity contribution >= 4 is 27.8 Å². The minimum Gasteiger partial charge on any atom is -0.480 e. The Balaban J connectivity index is 2.87. The SMILES string of the molecule is CCCCNC(=O)C(C)Oc1c(C)cc(Br)cc1C(=O)O. The predicted octanol–water partition coefficient (Wildman–Crippen LogP) is 3.14. The van der Waals surface area contributed by atoms with E-state index in [4.69, 9.17) is 4.74 Å². The first-order valence-electron chi connectivity index (χ1n) is 6.84. The number of unbranched alkanes of at least 4 members (excludes halogenated alkanes) is 1. The van der Waals surface area contributed by atoms with Crippen molar-refractivity contribution in [1.82, 2.24) is 5.32 Å². The van der Waals surface area contributed by atoms with Gasteiger partial charge in [0.2, 0.25) is 0 Å². The van der Waals surface area contributed by atoms with Crippen LogP contribution in [-0.4, -0.2) is 29.6 Å². The molecule has 21 heavy (non-hydrogen) atoms. The molecule has 0 saturated heterocycles. The Bertz CT molecular complexity index is 531. The molecular weight excluding hydrogens is 338 g/mol. The quantitative estimate of drug-likeness (QED) is 0.735. The number of rotatable bonds is 7. The molecule has 0 heterocycles. The third-order valence-corrected chi connectivity index (χ3v) is 3.42. The van der Waals surface area contributed by atoms with E-state index >= 15 is 0 Å². The van der Waals surface area contributed by atoms with Crippen LogP contribution in [0.3, 0.4) is 0 Å². The number of aryl methyl sites for hydroxylation is 1. The molecule has 0 aromatic heterocycles. The van der Waals surface area contributed by atoms with Crippen molar-refractivity contribution in [2.24, 2.45) is 0 Å². The molecule has 0 aliphatic heterocycles. The lowest BCUT2D eigenvalue weighted by molar-refractivity contribution is -0.127. The Morgan fingerprint density at radius 1 is 1.43 bits per heavy atom. The zero-order valence-corrected chi connectivity index (χ0v) is 14.0. The normalized spacial score (nSPS) is 11.8. The molecule has 1 rings (SSSR count). The minimum atomic E-state index is -1.09. The third-order valence-electron chi connectivity index (χ3n) is 2.96. The molecule has 0 bridgehead atoms. The average molecular weight is 358 g/mol. The van der Waals surface area contributed by atoms with E-state index < -0.39 is 12.1 Å². The maximum Gasteiger partial charge on any atom is 0.339 e. The Labute approximate surface area is 132 Å². The van der Waals surface area contributed by atoms with Crippen molar-refractivity contribution in [2.75, 3.05) is 6.54 Å². The van der Waals surface area contributed by atoms with Crippen molar-refractivity contribution in [3.05, 3.63) is 27.7 Å². The van der Waals surface area contributed by atoms with Gasteiger partial charge in [0.15, 0.2) is 6.10 Å². The van der Waals surface area contributed by atoms with Crippen LogP contribution in [-0.2, 0) is 4.79 Å². The lowest BCUT2D eigenvalue weighted by atomic mass is 10.1. The van der Waals surface area contributed by atoms with Crippen LogP contribution in [0.2, 0.25) is 0 Å². The molecule has 6 heteroatoms. The zero-order valence-electron chi connectivity index (χ0n) is 12.4. The standard InChI is InChI=1S/C15H20BrNO4/c1-4-5-6-17-14(18)10(3)21-13-9(2)7-11(16)8-12(13)15(19)20/h7-8,10H,4-6H2,1-3H3,(H,17,18)(H,19,20). The van der Waals surface area contributed by atoms with Gasteiger partial charge in [-0.15, -0.1) is 0 Å². The number of halogens is 1. The van der Waals surface area contributed by atoms with E-state index in [1.54, 1.807) is 19.9 Å². The number of carbonyl (C=O) groups is 2. The molecule has 0 fully saturated rings. The highest BCUT2D eigenvalue weighted by Crippen LogP contribution is 2.29. The summed E-state index contributed by atoms with van der Waals surface area (Å²) < 4.78 is 6.23. The highest BCUT2D eigenvalue weighted by atomic mass is 79.9. The lowest BCUT2D eigenvalue weighted by Gasteiger charge is -2.18. The van der Waals surface area contributed by atoms with Gasteiger partial charge in [0.05, 0.1) is 0 Å². The van der Waals surface area contributed by atoms with E-state index in [1.165, 1.54) is 6.07 Å². The van der Waals surface area contributed by atoms with Gasteiger partial charge < -0.3 is 15.2 Å². The number of carboxylic acid groups (broad SMARTS) is 1. The highest BCUT2D eigenvalue weighted by Gasteiger charge is 2.20. The van der Waals surface area contributed by atoms with E-state index in [-0.39, 0.29) is 17.2 Å². The van der Waals surface area contributed by atoms with E-state index in [0.717, 1.165) is 12.8 Å². The molecule has 0 aliphatic carbocycles. The van der Waals surface area contributed by atoms with Crippen LogP contribution in [0.25, 0.3) is 0 Å². The molecule has 2 N–H and O–H groups in total. The molecule has 0 saturated carbocycles. The molecule has 1 aromatic rings. The predicted molar refractivity (Wildman–Crippen MR) is 83.8 cm³/mol. The van der Waals surface area contributed by atoms with Gasteiger partial charge in [-0.25, -0.2) is 4.79 Å². The van der Waals surface area contributed by atoms with Crippen molar-refractivity contribution in [3.8, 4) is 5.75 Å². The maximum atomic E-state index is 11.9. The van der Waals surface area contributed by atoms with Gasteiger partial charge in [0.25, 0.3) is 5.91 Å². The zero-order chi connectivity index (χ0) is 16.0. The average Bonchev–Trinajstić information content (AvgIpc) is 2.41. The maximum absolute atomic E-state index is 11.9. The number of carbonyl (C=O) groups excluding carboxylic acids is 1. The Morgan fingerprint density at radius 3 is 2.67 bits per heavy atom. The summed E-state index contributed by atoms with van der Waals surface area (Å²) in [5, 5.41) is 12.0. The fourth-order valence-corrected chi connectivity index (χ4v) is 2.38. The Hall–Kier alpha value is -1.56. The Morgan fingerprint density at radius 2 is 2.10 bits per heavy atom. The number of amides is 1. The van der Waals surface area contributed by atoms with Crippen LogP contribution in [0, 0.1) is 6.92 Å². The number of benzene rings is 1. The topological polar surface area (TPSA) is 75.6 Å². The fourth-order valence-electron chi connectivity index (χ4n) is 1.81. The number of carboxylic acids is 1. The van der Waals surface area contributed by atoms with Crippen molar-refractivity contribution in [2.45, 2.75) is 39.7 Å². The monoisotopic (exact) mass is 357 g/mol. The summed E-state index contributed by atoms with van der Waals surface area (Å²) >= 11 is 3.25. The van der Waals surface area contributed by atoms with Gasteiger partial charge in [0.1, 0.15) is 11.3 Å². The van der Waals surface area contributed by atoms with Crippen molar-refractivity contribution in [3.63, 3.8) is 0 Å². The number of ether oxygens (including phenoxy) is 1. The first-order valence-corrected chi connectivity index (χ1v) is 7.64. The van der Waals surface area contributed by atoms with Gasteiger partial charge in [-0.3, -0.25) is 4.79 Å². The Kier molecular flexibility index (Phi) is 6.68. The largest absolute Gasteiger partial charge is 0.480 e. The summed E-state index contributed by atoms with van der Waals surface area (Å²) in [5.41, 5.74) is 0.699. The van der Waals surface area contributed by atoms with E-state index in [9.17, 15) is 14.7 Å². The molecule has 0 radical (unpaired) electrons. The van der Waals surface area contributed by atoms with E-state index in [0.29, 0.717) is 16.6 Å². The third kappa shape index (κ3) is 5.04. The highest BCUT2D eigenvalue weighted by molar-refractivity contribution is 9.10. The second kappa shape index (κ2) is 8.02. The molecule has 116 valence electrons. The van der Waals surface area contributed by atoms with Gasteiger partial charge >= 0.3 is 5.97 Å².